The average molecular weight is 514 g/mol. The topological polar surface area (TPSA) is 96.9 Å². The average Bonchev–Trinajstić information content (AvgIpc) is 3.45. The first-order chi connectivity index (χ1) is 18.4. The molecule has 196 valence electrons. The van der Waals surface area contributed by atoms with Crippen molar-refractivity contribution >= 4 is 5.91 Å². The van der Waals surface area contributed by atoms with Gasteiger partial charge in [0.25, 0.3) is 5.91 Å². The van der Waals surface area contributed by atoms with Gasteiger partial charge < -0.3 is 24.2 Å². The van der Waals surface area contributed by atoms with Gasteiger partial charge in [-0.15, -0.1) is 0 Å². The number of aromatic nitrogens is 2. The zero-order valence-corrected chi connectivity index (χ0v) is 22.2. The number of aromatic hydroxyl groups is 1. The van der Waals surface area contributed by atoms with E-state index in [2.05, 4.69) is 10.2 Å². The second kappa shape index (κ2) is 10.1. The van der Waals surface area contributed by atoms with Gasteiger partial charge in [-0.2, -0.15) is 5.10 Å². The summed E-state index contributed by atoms with van der Waals surface area (Å²) in [5, 5.41) is 18.4. The number of hydrogen-bond donors (Lipinski definition) is 2. The smallest absolute Gasteiger partial charge is 0.273 e. The number of nitrogens with zero attached hydrogens (tertiary/aromatic N) is 2. The quantitative estimate of drug-likeness (QED) is 0.336. The summed E-state index contributed by atoms with van der Waals surface area (Å²) < 4.78 is 16.2. The Morgan fingerprint density at radius 3 is 2.34 bits per heavy atom. The molecule has 2 N–H and O–H groups in total. The molecule has 5 rings (SSSR count). The molecule has 2 heterocycles. The van der Waals surface area contributed by atoms with Crippen molar-refractivity contribution in [3.05, 3.63) is 88.1 Å². The number of nitrogens with one attached hydrogen (secondary N) is 1. The number of carbonyl (C=O) groups excluding carboxylic acids is 1. The fourth-order valence-electron chi connectivity index (χ4n) is 5.29. The molecule has 0 saturated heterocycles. The number of H-pyrrole nitrogens is 1. The highest BCUT2D eigenvalue weighted by molar-refractivity contribution is 6.00. The molecular weight excluding hydrogens is 482 g/mol. The molecule has 0 spiro atoms. The lowest BCUT2D eigenvalue weighted by Gasteiger charge is -2.27. The Kier molecular flexibility index (Phi) is 6.72. The number of hydrogen-bond acceptors (Lipinski definition) is 6. The first-order valence-electron chi connectivity index (χ1n) is 12.4. The molecule has 1 amide bonds. The maximum atomic E-state index is 13.7. The van der Waals surface area contributed by atoms with Crippen LogP contribution in [0.1, 0.15) is 44.3 Å². The molecule has 1 aliphatic heterocycles. The van der Waals surface area contributed by atoms with Crippen molar-refractivity contribution in [3.8, 4) is 34.3 Å². The number of phenolic OH excluding ortho intramolecular Hbond substituents is 1. The van der Waals surface area contributed by atoms with Crippen LogP contribution in [0, 0.1) is 13.8 Å². The van der Waals surface area contributed by atoms with Crippen LogP contribution in [0.25, 0.3) is 11.3 Å². The minimum atomic E-state index is -0.391. The Labute approximate surface area is 221 Å². The Morgan fingerprint density at radius 1 is 0.947 bits per heavy atom. The summed E-state index contributed by atoms with van der Waals surface area (Å²) in [5.41, 5.74) is 6.19. The second-order valence-corrected chi connectivity index (χ2v) is 9.45. The highest BCUT2D eigenvalue weighted by atomic mass is 16.5. The Bertz CT molecular complexity index is 1470. The largest absolute Gasteiger partial charge is 0.507 e. The van der Waals surface area contributed by atoms with E-state index in [1.54, 1.807) is 27.4 Å². The van der Waals surface area contributed by atoms with Crippen LogP contribution in [-0.4, -0.2) is 54.0 Å². The summed E-state index contributed by atoms with van der Waals surface area (Å²) in [6.07, 6.45) is 0.612. The molecule has 1 unspecified atom stereocenters. The van der Waals surface area contributed by atoms with Crippen molar-refractivity contribution in [2.45, 2.75) is 26.3 Å². The van der Waals surface area contributed by atoms with E-state index in [0.29, 0.717) is 41.4 Å². The number of carbonyl (C=O) groups is 1. The number of rotatable bonds is 8. The van der Waals surface area contributed by atoms with Crippen LogP contribution >= 0.6 is 0 Å². The van der Waals surface area contributed by atoms with E-state index in [0.717, 1.165) is 33.6 Å². The van der Waals surface area contributed by atoms with Gasteiger partial charge in [-0.1, -0.05) is 24.3 Å². The highest BCUT2D eigenvalue weighted by Gasteiger charge is 2.42. The summed E-state index contributed by atoms with van der Waals surface area (Å²) in [6.45, 7) is 4.34. The number of phenols is 1. The lowest BCUT2D eigenvalue weighted by atomic mass is 9.93. The number of methoxy groups -OCH3 is 3. The molecule has 4 aromatic rings. The van der Waals surface area contributed by atoms with Crippen molar-refractivity contribution in [2.24, 2.45) is 0 Å². The van der Waals surface area contributed by atoms with E-state index in [4.69, 9.17) is 14.2 Å². The first-order valence-corrected chi connectivity index (χ1v) is 12.4. The number of amides is 1. The third kappa shape index (κ3) is 4.32. The standard InChI is InChI=1S/C30H31N3O5/c1-17-14-18(2)25(22(34)15-17)27-26-28(32-31-27)30(35)33(29(26)20-7-9-21(36-3)10-8-20)13-12-19-6-11-23(37-4)24(16-19)38-5/h6-11,14-16,29,34H,12-13H2,1-5H3,(H,31,32). The van der Waals surface area contributed by atoms with Gasteiger partial charge in [0.1, 0.15) is 22.9 Å². The molecule has 0 saturated carbocycles. The predicted molar refractivity (Wildman–Crippen MR) is 144 cm³/mol. The minimum Gasteiger partial charge on any atom is -0.507 e. The van der Waals surface area contributed by atoms with Gasteiger partial charge in [0.05, 0.1) is 27.4 Å². The zero-order valence-electron chi connectivity index (χ0n) is 22.2. The third-order valence-corrected chi connectivity index (χ3v) is 7.08. The van der Waals surface area contributed by atoms with Gasteiger partial charge in [0, 0.05) is 17.7 Å². The maximum absolute atomic E-state index is 13.7. The SMILES string of the molecule is COc1ccc(C2c3c(-c4c(C)cc(C)cc4O)n[nH]c3C(=O)N2CCc2ccc(OC)c(OC)c2)cc1. The number of aromatic amines is 1. The summed E-state index contributed by atoms with van der Waals surface area (Å²) in [6, 6.07) is 16.8. The molecule has 8 nitrogen and oxygen atoms in total. The van der Waals surface area contributed by atoms with Crippen LogP contribution < -0.4 is 14.2 Å². The fourth-order valence-corrected chi connectivity index (χ4v) is 5.29. The van der Waals surface area contributed by atoms with Crippen molar-refractivity contribution in [1.29, 1.82) is 0 Å². The lowest BCUT2D eigenvalue weighted by molar-refractivity contribution is 0.0746. The molecule has 1 aromatic heterocycles. The molecule has 3 aromatic carbocycles. The lowest BCUT2D eigenvalue weighted by Crippen LogP contribution is -2.31. The van der Waals surface area contributed by atoms with E-state index in [1.165, 1.54) is 0 Å². The molecule has 1 atom stereocenters. The van der Waals surface area contributed by atoms with E-state index in [-0.39, 0.29) is 11.7 Å². The first kappa shape index (κ1) is 25.2. The van der Waals surface area contributed by atoms with Gasteiger partial charge in [-0.3, -0.25) is 9.89 Å². The van der Waals surface area contributed by atoms with E-state index in [1.807, 2.05) is 67.3 Å². The molecular formula is C30H31N3O5. The maximum Gasteiger partial charge on any atom is 0.273 e. The van der Waals surface area contributed by atoms with Gasteiger partial charge in [-0.25, -0.2) is 0 Å². The normalized spacial score (nSPS) is 14.5. The number of fused-ring (bicyclic) bond motifs is 1. The minimum absolute atomic E-state index is 0.135. The number of benzene rings is 3. The Balaban J connectivity index is 1.57. The van der Waals surface area contributed by atoms with Gasteiger partial charge in [0.15, 0.2) is 11.5 Å². The molecule has 0 radical (unpaired) electrons. The van der Waals surface area contributed by atoms with Crippen LogP contribution in [0.15, 0.2) is 54.6 Å². The molecule has 8 heteroatoms. The Hall–Kier alpha value is -4.46. The third-order valence-electron chi connectivity index (χ3n) is 7.08. The van der Waals surface area contributed by atoms with E-state index < -0.39 is 6.04 Å². The van der Waals surface area contributed by atoms with Crippen LogP contribution in [0.2, 0.25) is 0 Å². The molecule has 0 fully saturated rings. The van der Waals surface area contributed by atoms with Gasteiger partial charge in [-0.05, 0) is 72.9 Å². The van der Waals surface area contributed by atoms with Crippen LogP contribution in [0.4, 0.5) is 0 Å². The summed E-state index contributed by atoms with van der Waals surface area (Å²) in [4.78, 5) is 15.6. The zero-order chi connectivity index (χ0) is 27.0. The summed E-state index contributed by atoms with van der Waals surface area (Å²) >= 11 is 0. The van der Waals surface area contributed by atoms with Crippen molar-refractivity contribution < 1.29 is 24.1 Å². The second-order valence-electron chi connectivity index (χ2n) is 9.45. The summed E-state index contributed by atoms with van der Waals surface area (Å²) in [5.74, 6) is 2.04. The van der Waals surface area contributed by atoms with Crippen LogP contribution in [0.5, 0.6) is 23.0 Å². The fraction of sp³-hybridized carbons (Fsp3) is 0.267. The van der Waals surface area contributed by atoms with Crippen molar-refractivity contribution in [1.82, 2.24) is 15.1 Å². The van der Waals surface area contributed by atoms with Crippen LogP contribution in [0.3, 0.4) is 0 Å². The predicted octanol–water partition coefficient (Wildman–Crippen LogP) is 5.21. The monoisotopic (exact) mass is 513 g/mol. The summed E-state index contributed by atoms with van der Waals surface area (Å²) in [7, 11) is 4.83. The molecule has 0 aliphatic carbocycles. The Morgan fingerprint density at radius 2 is 1.68 bits per heavy atom. The number of aryl methyl sites for hydroxylation is 2. The van der Waals surface area contributed by atoms with Gasteiger partial charge in [0.2, 0.25) is 0 Å². The van der Waals surface area contributed by atoms with E-state index in [9.17, 15) is 9.90 Å². The van der Waals surface area contributed by atoms with Crippen molar-refractivity contribution in [2.75, 3.05) is 27.9 Å². The molecule has 0 bridgehead atoms. The van der Waals surface area contributed by atoms with Crippen molar-refractivity contribution in [3.63, 3.8) is 0 Å². The van der Waals surface area contributed by atoms with Crippen LogP contribution in [-0.2, 0) is 6.42 Å². The highest BCUT2D eigenvalue weighted by Crippen LogP contribution is 2.46. The molecule has 38 heavy (non-hydrogen) atoms. The van der Waals surface area contributed by atoms with Gasteiger partial charge >= 0.3 is 0 Å². The molecule has 1 aliphatic rings. The number of ether oxygens (including phenoxy) is 3. The van der Waals surface area contributed by atoms with E-state index >= 15 is 0 Å².